The van der Waals surface area contributed by atoms with E-state index in [2.05, 4.69) is 10.5 Å². The maximum Gasteiger partial charge on any atom is 0.277 e. The number of hydrogen-bond donors (Lipinski definition) is 2. The van der Waals surface area contributed by atoms with E-state index in [0.717, 1.165) is 5.56 Å². The molecule has 0 atom stereocenters. The first kappa shape index (κ1) is 16.4. The summed E-state index contributed by atoms with van der Waals surface area (Å²) in [6.07, 6.45) is 1.33. The highest BCUT2D eigenvalue weighted by atomic mass is 16.5. The molecule has 0 unspecified atom stereocenters. The quantitative estimate of drug-likeness (QED) is 0.633. The molecule has 0 bridgehead atoms. The fraction of sp³-hybridized carbons (Fsp3) is 0.176. The van der Waals surface area contributed by atoms with Gasteiger partial charge in [-0.2, -0.15) is 5.10 Å². The molecule has 120 valence electrons. The van der Waals surface area contributed by atoms with Crippen molar-refractivity contribution in [1.82, 2.24) is 5.43 Å². The van der Waals surface area contributed by atoms with E-state index in [4.69, 9.17) is 9.47 Å². The number of phenolic OH excluding ortho intramolecular Hbond substituents is 1. The molecule has 0 spiro atoms. The first-order valence-electron chi connectivity index (χ1n) is 6.97. The molecular formula is C17H18N2O4. The van der Waals surface area contributed by atoms with Gasteiger partial charge in [-0.05, 0) is 31.2 Å². The molecular weight excluding hydrogens is 296 g/mol. The van der Waals surface area contributed by atoms with Crippen LogP contribution in [0.1, 0.15) is 11.1 Å². The van der Waals surface area contributed by atoms with E-state index in [-0.39, 0.29) is 12.4 Å². The van der Waals surface area contributed by atoms with Gasteiger partial charge in [-0.25, -0.2) is 5.43 Å². The van der Waals surface area contributed by atoms with Crippen LogP contribution in [0.5, 0.6) is 17.2 Å². The molecule has 6 nitrogen and oxygen atoms in total. The summed E-state index contributed by atoms with van der Waals surface area (Å²) in [4.78, 5) is 11.6. The minimum absolute atomic E-state index is 0.0381. The number of benzene rings is 2. The number of nitrogens with zero attached hydrogens (tertiary/aromatic N) is 1. The van der Waals surface area contributed by atoms with Crippen molar-refractivity contribution in [2.75, 3.05) is 13.7 Å². The third-order valence-electron chi connectivity index (χ3n) is 3.03. The smallest absolute Gasteiger partial charge is 0.277 e. The van der Waals surface area contributed by atoms with Gasteiger partial charge in [0.15, 0.2) is 18.1 Å². The van der Waals surface area contributed by atoms with Crippen LogP contribution in [0.15, 0.2) is 47.6 Å². The third kappa shape index (κ3) is 4.74. The number of aromatic hydroxyl groups is 1. The molecule has 2 aromatic carbocycles. The Bertz CT molecular complexity index is 696. The number of methoxy groups -OCH3 is 1. The van der Waals surface area contributed by atoms with Crippen molar-refractivity contribution in [2.24, 2.45) is 5.10 Å². The van der Waals surface area contributed by atoms with Crippen molar-refractivity contribution in [3.8, 4) is 17.2 Å². The van der Waals surface area contributed by atoms with Crippen molar-refractivity contribution < 1.29 is 19.4 Å². The molecule has 0 heterocycles. The van der Waals surface area contributed by atoms with Crippen LogP contribution in [-0.4, -0.2) is 30.9 Å². The van der Waals surface area contributed by atoms with Gasteiger partial charge < -0.3 is 14.6 Å². The zero-order valence-electron chi connectivity index (χ0n) is 12.9. The molecule has 0 aromatic heterocycles. The fourth-order valence-electron chi connectivity index (χ4n) is 1.80. The molecule has 1 amide bonds. The Balaban J connectivity index is 1.85. The average Bonchev–Trinajstić information content (AvgIpc) is 2.56. The Morgan fingerprint density at radius 3 is 2.70 bits per heavy atom. The van der Waals surface area contributed by atoms with Crippen LogP contribution in [-0.2, 0) is 4.79 Å². The summed E-state index contributed by atoms with van der Waals surface area (Å²) in [5.74, 6) is 0.510. The number of carbonyl (C=O) groups is 1. The zero-order chi connectivity index (χ0) is 16.7. The van der Waals surface area contributed by atoms with Gasteiger partial charge in [-0.3, -0.25) is 4.79 Å². The van der Waals surface area contributed by atoms with Crippen molar-refractivity contribution in [3.63, 3.8) is 0 Å². The fourth-order valence-corrected chi connectivity index (χ4v) is 1.80. The van der Waals surface area contributed by atoms with Crippen LogP contribution >= 0.6 is 0 Å². The highest BCUT2D eigenvalue weighted by Crippen LogP contribution is 2.27. The van der Waals surface area contributed by atoms with Gasteiger partial charge in [0.2, 0.25) is 0 Å². The van der Waals surface area contributed by atoms with Crippen LogP contribution < -0.4 is 14.9 Å². The Morgan fingerprint density at radius 2 is 2.00 bits per heavy atom. The summed E-state index contributed by atoms with van der Waals surface area (Å²) in [5, 5.41) is 13.7. The van der Waals surface area contributed by atoms with E-state index < -0.39 is 5.91 Å². The van der Waals surface area contributed by atoms with E-state index in [1.807, 2.05) is 19.1 Å². The number of hydrazone groups is 1. The maximum absolute atomic E-state index is 11.6. The Kier molecular flexibility index (Phi) is 5.57. The normalized spacial score (nSPS) is 10.5. The second kappa shape index (κ2) is 7.84. The van der Waals surface area contributed by atoms with Crippen molar-refractivity contribution in [1.29, 1.82) is 0 Å². The average molecular weight is 314 g/mol. The highest BCUT2D eigenvalue weighted by Gasteiger charge is 2.05. The van der Waals surface area contributed by atoms with Crippen molar-refractivity contribution >= 4 is 12.1 Å². The number of para-hydroxylation sites is 1. The molecule has 0 saturated carbocycles. The van der Waals surface area contributed by atoms with Crippen molar-refractivity contribution in [3.05, 3.63) is 53.6 Å². The van der Waals surface area contributed by atoms with Crippen LogP contribution in [0.2, 0.25) is 0 Å². The standard InChI is InChI=1S/C17H18N2O4/c1-12-6-8-14(9-7-12)23-11-16(20)19-18-10-13-4-3-5-15(22-2)17(13)21/h3-10,21H,11H2,1-2H3,(H,19,20)/b18-10-. The Morgan fingerprint density at radius 1 is 1.26 bits per heavy atom. The lowest BCUT2D eigenvalue weighted by Crippen LogP contribution is -2.24. The number of aryl methyl sites for hydroxylation is 1. The van der Waals surface area contributed by atoms with E-state index >= 15 is 0 Å². The Hall–Kier alpha value is -3.02. The monoisotopic (exact) mass is 314 g/mol. The number of amides is 1. The van der Waals surface area contributed by atoms with Gasteiger partial charge in [0.25, 0.3) is 5.91 Å². The number of phenols is 1. The molecule has 0 saturated heterocycles. The van der Waals surface area contributed by atoms with E-state index in [1.165, 1.54) is 13.3 Å². The molecule has 0 aliphatic carbocycles. The lowest BCUT2D eigenvalue weighted by molar-refractivity contribution is -0.123. The molecule has 6 heteroatoms. The van der Waals surface area contributed by atoms with Crippen LogP contribution in [0.4, 0.5) is 0 Å². The Labute approximate surface area is 134 Å². The van der Waals surface area contributed by atoms with Gasteiger partial charge in [-0.1, -0.05) is 23.8 Å². The van der Waals surface area contributed by atoms with E-state index in [1.54, 1.807) is 30.3 Å². The van der Waals surface area contributed by atoms with E-state index in [0.29, 0.717) is 17.1 Å². The minimum atomic E-state index is -0.399. The van der Waals surface area contributed by atoms with Crippen molar-refractivity contribution in [2.45, 2.75) is 6.92 Å². The molecule has 0 radical (unpaired) electrons. The lowest BCUT2D eigenvalue weighted by Gasteiger charge is -2.06. The first-order chi connectivity index (χ1) is 11.1. The lowest BCUT2D eigenvalue weighted by atomic mass is 10.2. The predicted octanol–water partition coefficient (Wildman–Crippen LogP) is 2.24. The van der Waals surface area contributed by atoms with Gasteiger partial charge in [0, 0.05) is 5.56 Å². The van der Waals surface area contributed by atoms with Gasteiger partial charge in [-0.15, -0.1) is 0 Å². The summed E-state index contributed by atoms with van der Waals surface area (Å²) < 4.78 is 10.3. The SMILES string of the molecule is COc1cccc(/C=N\NC(=O)COc2ccc(C)cc2)c1O. The molecule has 0 aliphatic heterocycles. The summed E-state index contributed by atoms with van der Waals surface area (Å²) in [6, 6.07) is 12.4. The topological polar surface area (TPSA) is 80.2 Å². The maximum atomic E-state index is 11.6. The number of ether oxygens (including phenoxy) is 2. The van der Waals surface area contributed by atoms with Gasteiger partial charge >= 0.3 is 0 Å². The van der Waals surface area contributed by atoms with Crippen LogP contribution in [0.25, 0.3) is 0 Å². The molecule has 0 aliphatic rings. The largest absolute Gasteiger partial charge is 0.504 e. The van der Waals surface area contributed by atoms with Crippen LogP contribution in [0, 0.1) is 6.92 Å². The molecule has 23 heavy (non-hydrogen) atoms. The summed E-state index contributed by atoms with van der Waals surface area (Å²) in [5.41, 5.74) is 3.88. The second-order valence-electron chi connectivity index (χ2n) is 4.79. The number of hydrogen-bond acceptors (Lipinski definition) is 5. The predicted molar refractivity (Wildman–Crippen MR) is 87.1 cm³/mol. The van der Waals surface area contributed by atoms with Gasteiger partial charge in [0.1, 0.15) is 5.75 Å². The molecule has 2 N–H and O–H groups in total. The minimum Gasteiger partial charge on any atom is -0.504 e. The number of rotatable bonds is 6. The second-order valence-corrected chi connectivity index (χ2v) is 4.79. The van der Waals surface area contributed by atoms with E-state index in [9.17, 15) is 9.90 Å². The zero-order valence-corrected chi connectivity index (χ0v) is 12.9. The molecule has 2 rings (SSSR count). The van der Waals surface area contributed by atoms with Crippen LogP contribution in [0.3, 0.4) is 0 Å². The molecule has 2 aromatic rings. The summed E-state index contributed by atoms with van der Waals surface area (Å²) >= 11 is 0. The molecule has 0 fully saturated rings. The summed E-state index contributed by atoms with van der Waals surface area (Å²) in [6.45, 7) is 1.82. The number of carbonyl (C=O) groups excluding carboxylic acids is 1. The highest BCUT2D eigenvalue weighted by molar-refractivity contribution is 5.86. The van der Waals surface area contributed by atoms with Gasteiger partial charge in [0.05, 0.1) is 13.3 Å². The summed E-state index contributed by atoms with van der Waals surface area (Å²) in [7, 11) is 1.46. The first-order valence-corrected chi connectivity index (χ1v) is 6.97. The number of nitrogens with one attached hydrogen (secondary N) is 1. The third-order valence-corrected chi connectivity index (χ3v) is 3.03.